The molecule has 2 aromatic rings. The molecule has 162 valence electrons. The molecule has 0 bridgehead atoms. The Morgan fingerprint density at radius 1 is 1.13 bits per heavy atom. The molecule has 0 radical (unpaired) electrons. The van der Waals surface area contributed by atoms with Gasteiger partial charge in [0.25, 0.3) is 5.56 Å². The lowest BCUT2D eigenvalue weighted by atomic mass is 10.0. The SMILES string of the molecule is Cc1ccc(Cc2c(C)nc(SCCCCC(=O)N3CCOCC3)n(C)c2=O)cc1. The molecular weight excluding hydrogens is 398 g/mol. The molecule has 0 atom stereocenters. The van der Waals surface area contributed by atoms with Crippen LogP contribution in [0.15, 0.2) is 34.2 Å². The molecule has 7 heteroatoms. The van der Waals surface area contributed by atoms with Crippen molar-refractivity contribution in [2.24, 2.45) is 7.05 Å². The van der Waals surface area contributed by atoms with Gasteiger partial charge >= 0.3 is 0 Å². The van der Waals surface area contributed by atoms with E-state index < -0.39 is 0 Å². The van der Waals surface area contributed by atoms with Crippen LogP contribution in [0.3, 0.4) is 0 Å². The second kappa shape index (κ2) is 10.8. The second-order valence-electron chi connectivity index (χ2n) is 7.78. The van der Waals surface area contributed by atoms with Gasteiger partial charge < -0.3 is 9.64 Å². The van der Waals surface area contributed by atoms with Gasteiger partial charge in [-0.1, -0.05) is 41.6 Å². The molecule has 1 aromatic heterocycles. The third-order valence-electron chi connectivity index (χ3n) is 5.43. The van der Waals surface area contributed by atoms with Gasteiger partial charge in [-0.2, -0.15) is 0 Å². The topological polar surface area (TPSA) is 64.4 Å². The minimum atomic E-state index is 0.0214. The fourth-order valence-electron chi connectivity index (χ4n) is 3.49. The molecule has 0 unspecified atom stereocenters. The maximum atomic E-state index is 12.9. The van der Waals surface area contributed by atoms with E-state index in [4.69, 9.17) is 9.72 Å². The zero-order valence-corrected chi connectivity index (χ0v) is 19.0. The van der Waals surface area contributed by atoms with Gasteiger partial charge in [0.15, 0.2) is 5.16 Å². The molecule has 0 N–H and O–H groups in total. The number of rotatable bonds is 8. The van der Waals surface area contributed by atoms with Crippen LogP contribution < -0.4 is 5.56 Å². The summed E-state index contributed by atoms with van der Waals surface area (Å²) in [6.45, 7) is 6.65. The van der Waals surface area contributed by atoms with Gasteiger partial charge in [0.1, 0.15) is 0 Å². The normalized spacial score (nSPS) is 14.2. The van der Waals surface area contributed by atoms with Gasteiger partial charge in [0.2, 0.25) is 5.91 Å². The first-order valence-corrected chi connectivity index (χ1v) is 11.5. The van der Waals surface area contributed by atoms with E-state index in [0.29, 0.717) is 39.1 Å². The van der Waals surface area contributed by atoms with Crippen LogP contribution in [0.5, 0.6) is 0 Å². The van der Waals surface area contributed by atoms with Crippen molar-refractivity contribution in [3.63, 3.8) is 0 Å². The van der Waals surface area contributed by atoms with E-state index in [0.717, 1.165) is 40.6 Å². The number of thioether (sulfide) groups is 1. The van der Waals surface area contributed by atoms with Crippen molar-refractivity contribution < 1.29 is 9.53 Å². The van der Waals surface area contributed by atoms with Crippen molar-refractivity contribution in [2.45, 2.75) is 44.7 Å². The predicted octanol–water partition coefficient (Wildman–Crippen LogP) is 3.11. The Bertz CT molecular complexity index is 919. The van der Waals surface area contributed by atoms with Crippen LogP contribution >= 0.6 is 11.8 Å². The molecule has 0 spiro atoms. The smallest absolute Gasteiger partial charge is 0.257 e. The van der Waals surface area contributed by atoms with Crippen molar-refractivity contribution >= 4 is 17.7 Å². The molecule has 6 nitrogen and oxygen atoms in total. The van der Waals surface area contributed by atoms with Crippen molar-refractivity contribution in [2.75, 3.05) is 32.1 Å². The maximum Gasteiger partial charge on any atom is 0.257 e. The molecule has 1 fully saturated rings. The highest BCUT2D eigenvalue weighted by molar-refractivity contribution is 7.99. The van der Waals surface area contributed by atoms with Crippen molar-refractivity contribution in [1.82, 2.24) is 14.5 Å². The van der Waals surface area contributed by atoms with Gasteiger partial charge in [0, 0.05) is 50.0 Å². The number of hydrogen-bond donors (Lipinski definition) is 0. The van der Waals surface area contributed by atoms with Crippen LogP contribution in [0.2, 0.25) is 0 Å². The van der Waals surface area contributed by atoms with E-state index in [1.54, 1.807) is 23.4 Å². The van der Waals surface area contributed by atoms with Crippen LogP contribution in [0.25, 0.3) is 0 Å². The van der Waals surface area contributed by atoms with Gasteiger partial charge in [-0.3, -0.25) is 14.2 Å². The second-order valence-corrected chi connectivity index (χ2v) is 8.85. The quantitative estimate of drug-likeness (QED) is 0.367. The maximum absolute atomic E-state index is 12.9. The van der Waals surface area contributed by atoms with Crippen molar-refractivity contribution in [1.29, 1.82) is 0 Å². The number of nitrogens with zero attached hydrogens (tertiary/aromatic N) is 3. The van der Waals surface area contributed by atoms with E-state index in [1.807, 2.05) is 11.8 Å². The molecule has 1 amide bonds. The Kier molecular flexibility index (Phi) is 8.10. The monoisotopic (exact) mass is 429 g/mol. The van der Waals surface area contributed by atoms with Gasteiger partial charge in [-0.25, -0.2) is 4.98 Å². The molecule has 1 aliphatic rings. The Hall–Kier alpha value is -2.12. The molecule has 1 saturated heterocycles. The lowest BCUT2D eigenvalue weighted by Crippen LogP contribution is -2.40. The number of carbonyl (C=O) groups excluding carboxylic acids is 1. The Balaban J connectivity index is 1.52. The summed E-state index contributed by atoms with van der Waals surface area (Å²) in [5.74, 6) is 1.05. The number of carbonyl (C=O) groups is 1. The average molecular weight is 430 g/mol. The average Bonchev–Trinajstić information content (AvgIpc) is 2.76. The minimum absolute atomic E-state index is 0.0214. The molecule has 0 saturated carbocycles. The summed E-state index contributed by atoms with van der Waals surface area (Å²) in [7, 11) is 1.79. The number of amides is 1. The number of unbranched alkanes of at least 4 members (excludes halogenated alkanes) is 1. The fourth-order valence-corrected chi connectivity index (χ4v) is 4.49. The van der Waals surface area contributed by atoms with E-state index in [1.165, 1.54) is 5.56 Å². The first-order chi connectivity index (χ1) is 14.5. The van der Waals surface area contributed by atoms with E-state index in [9.17, 15) is 9.59 Å². The number of benzene rings is 1. The molecule has 1 aliphatic heterocycles. The Labute approximate surface area is 182 Å². The highest BCUT2D eigenvalue weighted by Gasteiger charge is 2.16. The van der Waals surface area contributed by atoms with Gasteiger partial charge in [-0.15, -0.1) is 0 Å². The molecule has 3 rings (SSSR count). The van der Waals surface area contributed by atoms with Gasteiger partial charge in [-0.05, 0) is 32.3 Å². The first-order valence-electron chi connectivity index (χ1n) is 10.6. The molecule has 2 heterocycles. The highest BCUT2D eigenvalue weighted by atomic mass is 32.2. The summed E-state index contributed by atoms with van der Waals surface area (Å²) in [4.78, 5) is 31.6. The van der Waals surface area contributed by atoms with Crippen molar-refractivity contribution in [3.05, 3.63) is 57.0 Å². The summed E-state index contributed by atoms with van der Waals surface area (Å²) < 4.78 is 6.94. The third kappa shape index (κ3) is 5.95. The number of aryl methyl sites for hydroxylation is 2. The Morgan fingerprint density at radius 2 is 1.83 bits per heavy atom. The number of ether oxygens (including phenoxy) is 1. The van der Waals surface area contributed by atoms with Crippen molar-refractivity contribution in [3.8, 4) is 0 Å². The van der Waals surface area contributed by atoms with Crippen LogP contribution in [0.1, 0.15) is 41.6 Å². The van der Waals surface area contributed by atoms with E-state index in [-0.39, 0.29) is 11.5 Å². The lowest BCUT2D eigenvalue weighted by Gasteiger charge is -2.26. The number of hydrogen-bond acceptors (Lipinski definition) is 5. The summed E-state index contributed by atoms with van der Waals surface area (Å²) >= 11 is 1.59. The summed E-state index contributed by atoms with van der Waals surface area (Å²) in [5, 5.41) is 0.740. The zero-order chi connectivity index (χ0) is 21.5. The largest absolute Gasteiger partial charge is 0.378 e. The minimum Gasteiger partial charge on any atom is -0.378 e. The van der Waals surface area contributed by atoms with E-state index in [2.05, 4.69) is 31.2 Å². The first kappa shape index (κ1) is 22.6. The highest BCUT2D eigenvalue weighted by Crippen LogP contribution is 2.19. The molecule has 30 heavy (non-hydrogen) atoms. The zero-order valence-electron chi connectivity index (χ0n) is 18.1. The molecule has 1 aromatic carbocycles. The number of morpholine rings is 1. The molecular formula is C23H31N3O3S. The molecule has 0 aliphatic carbocycles. The van der Waals surface area contributed by atoms with Gasteiger partial charge in [0.05, 0.1) is 13.2 Å². The summed E-state index contributed by atoms with van der Waals surface area (Å²) in [5.41, 5.74) is 3.89. The van der Waals surface area contributed by atoms with E-state index >= 15 is 0 Å². The van der Waals surface area contributed by atoms with Crippen LogP contribution in [-0.2, 0) is 23.0 Å². The van der Waals surface area contributed by atoms with Crippen LogP contribution in [-0.4, -0.2) is 52.4 Å². The summed E-state index contributed by atoms with van der Waals surface area (Å²) in [6, 6.07) is 8.26. The summed E-state index contributed by atoms with van der Waals surface area (Å²) in [6.07, 6.45) is 2.93. The lowest BCUT2D eigenvalue weighted by molar-refractivity contribution is -0.135. The van der Waals surface area contributed by atoms with Crippen LogP contribution in [0.4, 0.5) is 0 Å². The fraction of sp³-hybridized carbons (Fsp3) is 0.522. The Morgan fingerprint density at radius 3 is 2.53 bits per heavy atom. The number of aromatic nitrogens is 2. The third-order valence-corrected chi connectivity index (χ3v) is 6.55. The standard InChI is InChI=1S/C23H31N3O3S/c1-17-7-9-19(10-8-17)16-20-18(2)24-23(25(3)22(20)28)30-15-5-4-6-21(27)26-11-13-29-14-12-26/h7-10H,4-6,11-16H2,1-3H3. The van der Waals surface area contributed by atoms with Crippen LogP contribution in [0, 0.1) is 13.8 Å². The predicted molar refractivity (Wildman–Crippen MR) is 120 cm³/mol.